The Morgan fingerprint density at radius 3 is 2.54 bits per heavy atom. The van der Waals surface area contributed by atoms with Gasteiger partial charge < -0.3 is 11.1 Å². The summed E-state index contributed by atoms with van der Waals surface area (Å²) in [4.78, 5) is 30.5. The van der Waals surface area contributed by atoms with Crippen LogP contribution in [-0.2, 0) is 6.18 Å². The normalized spacial score (nSPS) is 12.2. The molecule has 0 aliphatic rings. The molecule has 0 fully saturated rings. The Hall–Kier alpha value is -5.31. The number of alkyl halides is 3. The van der Waals surface area contributed by atoms with Crippen molar-refractivity contribution in [3.8, 4) is 22.9 Å². The summed E-state index contributed by atoms with van der Waals surface area (Å²) in [6.07, 6.45) is -1.31. The summed E-state index contributed by atoms with van der Waals surface area (Å²) >= 11 is 0. The molecule has 3 aromatic heterocycles. The molecule has 0 aliphatic heterocycles. The third kappa shape index (κ3) is 4.85. The van der Waals surface area contributed by atoms with Crippen LogP contribution in [0, 0.1) is 11.3 Å². The Labute approximate surface area is 219 Å². The lowest BCUT2D eigenvalue weighted by atomic mass is 10.0. The number of nitrogens with two attached hydrogens (primary N) is 1. The molecule has 0 amide bonds. The Morgan fingerprint density at radius 2 is 1.82 bits per heavy atom. The first-order valence-electron chi connectivity index (χ1n) is 11.6. The van der Waals surface area contributed by atoms with Crippen LogP contribution in [-0.4, -0.2) is 24.5 Å². The third-order valence-electron chi connectivity index (χ3n) is 5.98. The van der Waals surface area contributed by atoms with Gasteiger partial charge in [0, 0.05) is 18.0 Å². The number of aromatic nitrogens is 5. The number of benzene rings is 2. The van der Waals surface area contributed by atoms with Crippen molar-refractivity contribution >= 4 is 22.7 Å². The van der Waals surface area contributed by atoms with Gasteiger partial charge in [-0.1, -0.05) is 30.3 Å². The second kappa shape index (κ2) is 9.86. The zero-order valence-corrected chi connectivity index (χ0v) is 20.3. The van der Waals surface area contributed by atoms with Crippen LogP contribution in [0.1, 0.15) is 29.9 Å². The number of nitriles is 1. The van der Waals surface area contributed by atoms with Gasteiger partial charge in [0.15, 0.2) is 0 Å². The molecule has 194 valence electrons. The van der Waals surface area contributed by atoms with Crippen LogP contribution < -0.4 is 16.6 Å². The van der Waals surface area contributed by atoms with E-state index in [0.717, 1.165) is 12.3 Å². The van der Waals surface area contributed by atoms with E-state index in [1.807, 2.05) is 6.07 Å². The number of nitrogen functional groups attached to an aromatic ring is 1. The maximum Gasteiger partial charge on any atom is 0.417 e. The van der Waals surface area contributed by atoms with E-state index < -0.39 is 23.3 Å². The second-order valence-electron chi connectivity index (χ2n) is 8.57. The fourth-order valence-corrected chi connectivity index (χ4v) is 4.20. The van der Waals surface area contributed by atoms with Gasteiger partial charge in [0.2, 0.25) is 5.95 Å². The molecule has 12 heteroatoms. The molecule has 3 heterocycles. The number of fused-ring (bicyclic) bond motifs is 1. The van der Waals surface area contributed by atoms with Crippen LogP contribution in [0.4, 0.5) is 24.9 Å². The number of hydrogen-bond donors (Lipinski definition) is 2. The molecule has 39 heavy (non-hydrogen) atoms. The number of anilines is 2. The fraction of sp³-hybridized carbons (Fsp3) is 0.111. The quantitative estimate of drug-likeness (QED) is 0.329. The molecule has 5 rings (SSSR count). The first-order chi connectivity index (χ1) is 18.7. The van der Waals surface area contributed by atoms with Crippen molar-refractivity contribution in [2.45, 2.75) is 19.1 Å². The zero-order chi connectivity index (χ0) is 27.7. The highest BCUT2D eigenvalue weighted by molar-refractivity contribution is 5.94. The summed E-state index contributed by atoms with van der Waals surface area (Å²) in [5, 5.41) is 12.7. The Kier molecular flexibility index (Phi) is 6.41. The predicted octanol–water partition coefficient (Wildman–Crippen LogP) is 4.88. The van der Waals surface area contributed by atoms with E-state index in [2.05, 4.69) is 20.3 Å². The van der Waals surface area contributed by atoms with Gasteiger partial charge in [-0.05, 0) is 36.8 Å². The van der Waals surface area contributed by atoms with E-state index >= 15 is 0 Å². The van der Waals surface area contributed by atoms with Crippen molar-refractivity contribution in [2.24, 2.45) is 0 Å². The average Bonchev–Trinajstić information content (AvgIpc) is 2.93. The summed E-state index contributed by atoms with van der Waals surface area (Å²) in [7, 11) is 0. The van der Waals surface area contributed by atoms with Gasteiger partial charge in [0.25, 0.3) is 5.56 Å². The van der Waals surface area contributed by atoms with Gasteiger partial charge in [0.1, 0.15) is 23.3 Å². The van der Waals surface area contributed by atoms with Crippen LogP contribution in [0.2, 0.25) is 0 Å². The lowest BCUT2D eigenvalue weighted by Crippen LogP contribution is -2.28. The molecule has 0 radical (unpaired) electrons. The highest BCUT2D eigenvalue weighted by atomic mass is 19.4. The third-order valence-corrected chi connectivity index (χ3v) is 5.98. The minimum atomic E-state index is -4.60. The summed E-state index contributed by atoms with van der Waals surface area (Å²) < 4.78 is 41.6. The minimum absolute atomic E-state index is 0.0463. The number of hydrogen-bond acceptors (Lipinski definition) is 8. The highest BCUT2D eigenvalue weighted by Crippen LogP contribution is 2.33. The standard InChI is InChI=1S/C27H19F3N8O/c1-15(35-23-17(11-31)13-34-26(32)37-23)24-36-21-9-5-8-20(16-10-18(14-33-12-16)27(28,29)30)22(21)25(39)38(24)19-6-3-2-4-7-19/h2-10,12-15H,1H3,(H3,32,34,35,37)/t15-/m0/s1. The summed E-state index contributed by atoms with van der Waals surface area (Å²) in [6, 6.07) is 15.8. The predicted molar refractivity (Wildman–Crippen MR) is 139 cm³/mol. The summed E-state index contributed by atoms with van der Waals surface area (Å²) in [5.41, 5.74) is 5.57. The van der Waals surface area contributed by atoms with E-state index in [4.69, 9.17) is 10.7 Å². The fourth-order valence-electron chi connectivity index (χ4n) is 4.20. The summed E-state index contributed by atoms with van der Waals surface area (Å²) in [6.45, 7) is 1.73. The SMILES string of the molecule is C[C@H](Nc1nc(N)ncc1C#N)c1nc2cccc(-c3cncc(C(F)(F)F)c3)c2c(=O)n1-c1ccccc1. The van der Waals surface area contributed by atoms with Gasteiger partial charge >= 0.3 is 6.18 Å². The first-order valence-corrected chi connectivity index (χ1v) is 11.6. The van der Waals surface area contributed by atoms with Crippen molar-refractivity contribution < 1.29 is 13.2 Å². The molecule has 3 N–H and O–H groups in total. The van der Waals surface area contributed by atoms with Gasteiger partial charge in [-0.15, -0.1) is 0 Å². The molecule has 0 unspecified atom stereocenters. The molecular weight excluding hydrogens is 509 g/mol. The van der Waals surface area contributed by atoms with Crippen molar-refractivity contribution in [1.29, 1.82) is 5.26 Å². The van der Waals surface area contributed by atoms with Crippen molar-refractivity contribution in [3.05, 3.63) is 100 Å². The number of nitrogens with one attached hydrogen (secondary N) is 1. The second-order valence-corrected chi connectivity index (χ2v) is 8.57. The highest BCUT2D eigenvalue weighted by Gasteiger charge is 2.31. The molecule has 9 nitrogen and oxygen atoms in total. The van der Waals surface area contributed by atoms with Crippen LogP contribution in [0.15, 0.2) is 78.0 Å². The molecule has 5 aromatic rings. The number of pyridine rings is 1. The zero-order valence-electron chi connectivity index (χ0n) is 20.3. The largest absolute Gasteiger partial charge is 0.417 e. The lowest BCUT2D eigenvalue weighted by molar-refractivity contribution is -0.137. The molecule has 0 spiro atoms. The van der Waals surface area contributed by atoms with E-state index in [-0.39, 0.29) is 45.2 Å². The van der Waals surface area contributed by atoms with Crippen LogP contribution >= 0.6 is 0 Å². The van der Waals surface area contributed by atoms with Crippen LogP contribution in [0.5, 0.6) is 0 Å². The molecule has 0 aliphatic carbocycles. The van der Waals surface area contributed by atoms with E-state index in [1.54, 1.807) is 55.5 Å². The number of rotatable bonds is 5. The smallest absolute Gasteiger partial charge is 0.368 e. The van der Waals surface area contributed by atoms with E-state index in [9.17, 15) is 23.2 Å². The first kappa shape index (κ1) is 25.3. The summed E-state index contributed by atoms with van der Waals surface area (Å²) in [5.74, 6) is 0.393. The monoisotopic (exact) mass is 528 g/mol. The maximum absolute atomic E-state index is 14.1. The molecule has 1 atom stereocenters. The van der Waals surface area contributed by atoms with E-state index in [0.29, 0.717) is 5.69 Å². The molecule has 0 saturated heterocycles. The molecular formula is C27H19F3N8O. The lowest BCUT2D eigenvalue weighted by Gasteiger charge is -2.21. The average molecular weight is 528 g/mol. The Balaban J connectivity index is 1.74. The minimum Gasteiger partial charge on any atom is -0.368 e. The molecule has 0 saturated carbocycles. The number of nitrogens with zero attached hydrogens (tertiary/aromatic N) is 6. The molecule has 0 bridgehead atoms. The van der Waals surface area contributed by atoms with Crippen LogP contribution in [0.25, 0.3) is 27.7 Å². The van der Waals surface area contributed by atoms with Gasteiger partial charge in [-0.3, -0.25) is 14.3 Å². The van der Waals surface area contributed by atoms with Crippen molar-refractivity contribution in [1.82, 2.24) is 24.5 Å². The number of halogens is 3. The Bertz CT molecular complexity index is 1800. The number of para-hydroxylation sites is 1. The Morgan fingerprint density at radius 1 is 1.05 bits per heavy atom. The van der Waals surface area contributed by atoms with Crippen molar-refractivity contribution in [3.63, 3.8) is 0 Å². The van der Waals surface area contributed by atoms with Crippen molar-refractivity contribution in [2.75, 3.05) is 11.1 Å². The van der Waals surface area contributed by atoms with Gasteiger partial charge in [-0.25, -0.2) is 9.97 Å². The van der Waals surface area contributed by atoms with Crippen LogP contribution in [0.3, 0.4) is 0 Å². The topological polar surface area (TPSA) is 135 Å². The van der Waals surface area contributed by atoms with Gasteiger partial charge in [0.05, 0.1) is 34.4 Å². The molecule has 2 aromatic carbocycles. The van der Waals surface area contributed by atoms with E-state index in [1.165, 1.54) is 17.0 Å². The maximum atomic E-state index is 14.1. The van der Waals surface area contributed by atoms with Gasteiger partial charge in [-0.2, -0.15) is 23.4 Å².